The Morgan fingerprint density at radius 3 is 2.79 bits per heavy atom. The normalized spacial score (nSPS) is 16.8. The van der Waals surface area contributed by atoms with Crippen molar-refractivity contribution in [3.63, 3.8) is 0 Å². The molecule has 144 valence electrons. The van der Waals surface area contributed by atoms with Crippen molar-refractivity contribution in [2.24, 2.45) is 0 Å². The van der Waals surface area contributed by atoms with Crippen LogP contribution in [0.4, 0.5) is 0 Å². The smallest absolute Gasteiger partial charge is 0.218 e. The third-order valence-corrected chi connectivity index (χ3v) is 5.63. The minimum absolute atomic E-state index is 0.606. The van der Waals surface area contributed by atoms with Gasteiger partial charge in [-0.3, -0.25) is 4.90 Å². The van der Waals surface area contributed by atoms with Crippen LogP contribution in [0, 0.1) is 0 Å². The second kappa shape index (κ2) is 7.02. The number of nitrogens with zero attached hydrogens (tertiary/aromatic N) is 4. The zero-order chi connectivity index (χ0) is 19.1. The van der Waals surface area contributed by atoms with E-state index >= 15 is 0 Å². The van der Waals surface area contributed by atoms with Gasteiger partial charge in [0.2, 0.25) is 5.88 Å². The van der Waals surface area contributed by atoms with Crippen LogP contribution in [0.2, 0.25) is 0 Å². The molecule has 0 spiro atoms. The molecule has 0 radical (unpaired) electrons. The Bertz CT molecular complexity index is 1030. The molecule has 1 fully saturated rings. The molecule has 0 unspecified atom stereocenters. The predicted molar refractivity (Wildman–Crippen MR) is 107 cm³/mol. The van der Waals surface area contributed by atoms with Gasteiger partial charge in [-0.1, -0.05) is 0 Å². The second-order valence-corrected chi connectivity index (χ2v) is 7.65. The molecular formula is C22H24N4O2. The van der Waals surface area contributed by atoms with Gasteiger partial charge < -0.3 is 9.47 Å². The number of fused-ring (bicyclic) bond motifs is 2. The summed E-state index contributed by atoms with van der Waals surface area (Å²) in [6.07, 6.45) is 5.49. The average molecular weight is 376 g/mol. The summed E-state index contributed by atoms with van der Waals surface area (Å²) >= 11 is 0. The highest BCUT2D eigenvalue weighted by molar-refractivity contribution is 5.81. The first-order valence-corrected chi connectivity index (χ1v) is 9.82. The summed E-state index contributed by atoms with van der Waals surface area (Å²) in [7, 11) is 3.34. The molecule has 1 aliphatic carbocycles. The van der Waals surface area contributed by atoms with Crippen molar-refractivity contribution in [2.75, 3.05) is 20.8 Å². The monoisotopic (exact) mass is 376 g/mol. The number of benzene rings is 1. The predicted octanol–water partition coefficient (Wildman–Crippen LogP) is 3.48. The lowest BCUT2D eigenvalue weighted by molar-refractivity contribution is 0.238. The molecule has 6 nitrogen and oxygen atoms in total. The third kappa shape index (κ3) is 3.29. The average Bonchev–Trinajstić information content (AvgIpc) is 3.58. The second-order valence-electron chi connectivity index (χ2n) is 7.65. The van der Waals surface area contributed by atoms with E-state index in [4.69, 9.17) is 19.4 Å². The molecule has 2 aromatic heterocycles. The van der Waals surface area contributed by atoms with Gasteiger partial charge in [-0.2, -0.15) is 0 Å². The Morgan fingerprint density at radius 1 is 1.11 bits per heavy atom. The Balaban J connectivity index is 1.38. The Morgan fingerprint density at radius 2 is 2.00 bits per heavy atom. The van der Waals surface area contributed by atoms with E-state index in [1.54, 1.807) is 14.2 Å². The van der Waals surface area contributed by atoms with Crippen LogP contribution in [-0.2, 0) is 19.5 Å². The van der Waals surface area contributed by atoms with Crippen molar-refractivity contribution in [1.29, 1.82) is 0 Å². The van der Waals surface area contributed by atoms with Crippen LogP contribution in [0.1, 0.15) is 41.4 Å². The molecule has 5 rings (SSSR count). The maximum atomic E-state index is 5.58. The van der Waals surface area contributed by atoms with Gasteiger partial charge in [0.05, 0.1) is 19.7 Å². The highest BCUT2D eigenvalue weighted by atomic mass is 16.5. The molecular weight excluding hydrogens is 352 g/mol. The van der Waals surface area contributed by atoms with Crippen LogP contribution in [0.5, 0.6) is 11.6 Å². The fourth-order valence-corrected chi connectivity index (χ4v) is 3.89. The van der Waals surface area contributed by atoms with Crippen LogP contribution in [0.3, 0.4) is 0 Å². The SMILES string of the molecule is COc1ccc2cc(CN3CCc4nc(C5CC5)ncc4C3)c(OC)nc2c1. The van der Waals surface area contributed by atoms with Gasteiger partial charge in [-0.15, -0.1) is 0 Å². The standard InChI is InChI=1S/C22H24N4O2/c1-27-18-6-5-15-9-16(22(28-2)25-20(15)10-18)12-26-8-7-19-17(13-26)11-23-21(24-19)14-3-4-14/h5-6,9-11,14H,3-4,7-8,12-13H2,1-2H3. The van der Waals surface area contributed by atoms with Crippen molar-refractivity contribution in [1.82, 2.24) is 19.9 Å². The molecule has 0 amide bonds. The first-order chi connectivity index (χ1) is 13.7. The number of methoxy groups -OCH3 is 2. The molecule has 28 heavy (non-hydrogen) atoms. The Labute approximate surface area is 164 Å². The van der Waals surface area contributed by atoms with E-state index in [9.17, 15) is 0 Å². The molecule has 3 heterocycles. The Kier molecular flexibility index (Phi) is 4.36. The summed E-state index contributed by atoms with van der Waals surface area (Å²) in [6.45, 7) is 2.64. The number of aromatic nitrogens is 3. The van der Waals surface area contributed by atoms with E-state index in [1.165, 1.54) is 24.1 Å². The van der Waals surface area contributed by atoms with E-state index in [1.807, 2.05) is 24.4 Å². The maximum Gasteiger partial charge on any atom is 0.218 e. The molecule has 6 heteroatoms. The van der Waals surface area contributed by atoms with Gasteiger partial charge >= 0.3 is 0 Å². The minimum atomic E-state index is 0.606. The third-order valence-electron chi connectivity index (χ3n) is 5.63. The number of ether oxygens (including phenoxy) is 2. The van der Waals surface area contributed by atoms with Gasteiger partial charge in [0.25, 0.3) is 0 Å². The molecule has 1 saturated carbocycles. The molecule has 0 saturated heterocycles. The molecule has 1 aliphatic heterocycles. The molecule has 3 aromatic rings. The highest BCUT2D eigenvalue weighted by Gasteiger charge is 2.28. The number of hydrogen-bond donors (Lipinski definition) is 0. The van der Waals surface area contributed by atoms with Crippen molar-refractivity contribution >= 4 is 10.9 Å². The quantitative estimate of drug-likeness (QED) is 0.679. The van der Waals surface area contributed by atoms with E-state index in [0.717, 1.165) is 54.1 Å². The molecule has 2 aliphatic rings. The maximum absolute atomic E-state index is 5.58. The van der Waals surface area contributed by atoms with Crippen molar-refractivity contribution in [3.8, 4) is 11.6 Å². The van der Waals surface area contributed by atoms with Crippen LogP contribution in [0.15, 0.2) is 30.5 Å². The van der Waals surface area contributed by atoms with Gasteiger partial charge in [0.15, 0.2) is 0 Å². The summed E-state index contributed by atoms with van der Waals surface area (Å²) in [6, 6.07) is 8.12. The topological polar surface area (TPSA) is 60.4 Å². The van der Waals surface area contributed by atoms with Crippen molar-refractivity contribution in [3.05, 3.63) is 53.1 Å². The number of pyridine rings is 1. The van der Waals surface area contributed by atoms with Crippen molar-refractivity contribution in [2.45, 2.75) is 38.3 Å². The van der Waals surface area contributed by atoms with Gasteiger partial charge in [0.1, 0.15) is 11.6 Å². The molecule has 0 N–H and O–H groups in total. The molecule has 0 bridgehead atoms. The fraction of sp³-hybridized carbons (Fsp3) is 0.409. The first kappa shape index (κ1) is 17.4. The zero-order valence-electron chi connectivity index (χ0n) is 16.3. The van der Waals surface area contributed by atoms with Crippen LogP contribution < -0.4 is 9.47 Å². The van der Waals surface area contributed by atoms with Gasteiger partial charge in [-0.25, -0.2) is 15.0 Å². The lowest BCUT2D eigenvalue weighted by atomic mass is 10.1. The number of rotatable bonds is 5. The zero-order valence-corrected chi connectivity index (χ0v) is 16.3. The summed E-state index contributed by atoms with van der Waals surface area (Å²) in [5, 5.41) is 1.09. The van der Waals surface area contributed by atoms with E-state index in [2.05, 4.69) is 16.0 Å². The summed E-state index contributed by atoms with van der Waals surface area (Å²) in [5.74, 6) is 3.12. The molecule has 0 atom stereocenters. The van der Waals surface area contributed by atoms with Crippen LogP contribution >= 0.6 is 0 Å². The fourth-order valence-electron chi connectivity index (χ4n) is 3.89. The van der Waals surface area contributed by atoms with E-state index in [0.29, 0.717) is 11.8 Å². The minimum Gasteiger partial charge on any atom is -0.497 e. The van der Waals surface area contributed by atoms with Gasteiger partial charge in [-0.05, 0) is 31.0 Å². The lowest BCUT2D eigenvalue weighted by Crippen LogP contribution is -2.31. The Hall–Kier alpha value is -2.73. The van der Waals surface area contributed by atoms with E-state index in [-0.39, 0.29) is 0 Å². The number of hydrogen-bond acceptors (Lipinski definition) is 6. The van der Waals surface area contributed by atoms with Crippen molar-refractivity contribution < 1.29 is 9.47 Å². The summed E-state index contributed by atoms with van der Waals surface area (Å²) in [5.41, 5.74) is 4.45. The summed E-state index contributed by atoms with van der Waals surface area (Å²) in [4.78, 5) is 16.5. The van der Waals surface area contributed by atoms with Crippen LogP contribution in [-0.4, -0.2) is 40.6 Å². The highest BCUT2D eigenvalue weighted by Crippen LogP contribution is 2.38. The lowest BCUT2D eigenvalue weighted by Gasteiger charge is -2.28. The summed E-state index contributed by atoms with van der Waals surface area (Å²) < 4.78 is 10.9. The molecule has 1 aromatic carbocycles. The van der Waals surface area contributed by atoms with E-state index < -0.39 is 0 Å². The van der Waals surface area contributed by atoms with Crippen LogP contribution in [0.25, 0.3) is 10.9 Å². The van der Waals surface area contributed by atoms with Gasteiger partial charge in [0, 0.05) is 66.4 Å². The first-order valence-electron chi connectivity index (χ1n) is 9.82. The largest absolute Gasteiger partial charge is 0.497 e.